The number of rotatable bonds is 6. The molecule has 3 rings (SSSR count). The minimum Gasteiger partial charge on any atom is -0.481 e. The molecule has 0 bridgehead atoms. The Kier molecular flexibility index (Phi) is 6.69. The standard InChI is InChI=1S/C23H28N2O3/c1-16-12-14-19(15-13-16)28-17(2)22(26)25-21-11-7-6-10-20(21)23(27)24-18-8-4-3-5-9-18/h6-7,10-15,17-18H,3-5,8-9H2,1-2H3,(H,24,27)(H,25,26). The molecule has 1 unspecified atom stereocenters. The highest BCUT2D eigenvalue weighted by Crippen LogP contribution is 2.21. The van der Waals surface area contributed by atoms with Crippen molar-refractivity contribution >= 4 is 17.5 Å². The third-order valence-electron chi connectivity index (χ3n) is 5.07. The quantitative estimate of drug-likeness (QED) is 0.777. The normalized spacial score (nSPS) is 15.5. The van der Waals surface area contributed by atoms with Crippen LogP contribution in [0.15, 0.2) is 48.5 Å². The van der Waals surface area contributed by atoms with E-state index in [4.69, 9.17) is 4.74 Å². The van der Waals surface area contributed by atoms with Crippen molar-refractivity contribution < 1.29 is 14.3 Å². The van der Waals surface area contributed by atoms with Gasteiger partial charge in [-0.25, -0.2) is 0 Å². The van der Waals surface area contributed by atoms with Crippen LogP contribution in [0.4, 0.5) is 5.69 Å². The second-order valence-corrected chi connectivity index (χ2v) is 7.42. The molecule has 0 saturated heterocycles. The molecule has 2 aromatic rings. The largest absolute Gasteiger partial charge is 0.481 e. The molecule has 0 aliphatic heterocycles. The van der Waals surface area contributed by atoms with Gasteiger partial charge in [-0.15, -0.1) is 0 Å². The average Bonchev–Trinajstić information content (AvgIpc) is 2.70. The molecule has 148 valence electrons. The van der Waals surface area contributed by atoms with Gasteiger partial charge in [0.25, 0.3) is 11.8 Å². The van der Waals surface area contributed by atoms with Crippen LogP contribution in [0.2, 0.25) is 0 Å². The molecule has 0 radical (unpaired) electrons. The molecule has 5 heteroatoms. The molecule has 2 N–H and O–H groups in total. The Labute approximate surface area is 166 Å². The number of benzene rings is 2. The van der Waals surface area contributed by atoms with E-state index < -0.39 is 6.10 Å². The zero-order chi connectivity index (χ0) is 19.9. The van der Waals surface area contributed by atoms with Crippen LogP contribution in [-0.2, 0) is 4.79 Å². The number of carbonyl (C=O) groups is 2. The first-order valence-corrected chi connectivity index (χ1v) is 9.97. The summed E-state index contributed by atoms with van der Waals surface area (Å²) in [4.78, 5) is 25.3. The average molecular weight is 380 g/mol. The van der Waals surface area contributed by atoms with Crippen molar-refractivity contribution in [3.05, 3.63) is 59.7 Å². The summed E-state index contributed by atoms with van der Waals surface area (Å²) in [5.74, 6) is 0.199. The maximum Gasteiger partial charge on any atom is 0.265 e. The number of para-hydroxylation sites is 1. The monoisotopic (exact) mass is 380 g/mol. The second-order valence-electron chi connectivity index (χ2n) is 7.42. The molecule has 5 nitrogen and oxygen atoms in total. The molecule has 1 atom stereocenters. The predicted molar refractivity (Wildman–Crippen MR) is 111 cm³/mol. The first kappa shape index (κ1) is 19.9. The van der Waals surface area contributed by atoms with Crippen molar-refractivity contribution in [2.45, 2.75) is 58.1 Å². The van der Waals surface area contributed by atoms with E-state index in [2.05, 4.69) is 10.6 Å². The number of carbonyl (C=O) groups excluding carboxylic acids is 2. The highest BCUT2D eigenvalue weighted by molar-refractivity contribution is 6.04. The molecular formula is C23H28N2O3. The molecule has 2 amide bonds. The maximum absolute atomic E-state index is 12.7. The molecule has 2 aromatic carbocycles. The van der Waals surface area contributed by atoms with Gasteiger partial charge in [0.2, 0.25) is 0 Å². The van der Waals surface area contributed by atoms with E-state index in [0.717, 1.165) is 31.2 Å². The lowest BCUT2D eigenvalue weighted by Gasteiger charge is -2.23. The van der Waals surface area contributed by atoms with Gasteiger partial charge in [-0.2, -0.15) is 0 Å². The lowest BCUT2D eigenvalue weighted by atomic mass is 9.95. The smallest absolute Gasteiger partial charge is 0.265 e. The topological polar surface area (TPSA) is 67.4 Å². The van der Waals surface area contributed by atoms with Gasteiger partial charge in [-0.3, -0.25) is 9.59 Å². The van der Waals surface area contributed by atoms with Gasteiger partial charge >= 0.3 is 0 Å². The summed E-state index contributed by atoms with van der Waals surface area (Å²) < 4.78 is 5.71. The van der Waals surface area contributed by atoms with Gasteiger partial charge < -0.3 is 15.4 Å². The van der Waals surface area contributed by atoms with Gasteiger partial charge in [-0.05, 0) is 51.0 Å². The molecule has 1 saturated carbocycles. The van der Waals surface area contributed by atoms with Crippen molar-refractivity contribution in [2.75, 3.05) is 5.32 Å². The fourth-order valence-electron chi connectivity index (χ4n) is 3.41. The number of amides is 2. The Hall–Kier alpha value is -2.82. The molecule has 0 heterocycles. The molecular weight excluding hydrogens is 352 g/mol. The highest BCUT2D eigenvalue weighted by Gasteiger charge is 2.21. The van der Waals surface area contributed by atoms with Gasteiger partial charge in [-0.1, -0.05) is 49.1 Å². The number of ether oxygens (including phenoxy) is 1. The van der Waals surface area contributed by atoms with Crippen molar-refractivity contribution in [1.29, 1.82) is 0 Å². The molecule has 1 aliphatic rings. The lowest BCUT2D eigenvalue weighted by Crippen LogP contribution is -2.37. The first-order valence-electron chi connectivity index (χ1n) is 9.97. The summed E-state index contributed by atoms with van der Waals surface area (Å²) in [5, 5.41) is 5.94. The fraction of sp³-hybridized carbons (Fsp3) is 0.391. The molecule has 0 spiro atoms. The van der Waals surface area contributed by atoms with Crippen molar-refractivity contribution in [3.63, 3.8) is 0 Å². The molecule has 28 heavy (non-hydrogen) atoms. The van der Waals surface area contributed by atoms with Crippen LogP contribution in [0.3, 0.4) is 0 Å². The Morgan fingerprint density at radius 2 is 1.68 bits per heavy atom. The van der Waals surface area contributed by atoms with E-state index in [-0.39, 0.29) is 17.9 Å². The SMILES string of the molecule is Cc1ccc(OC(C)C(=O)Nc2ccccc2C(=O)NC2CCCCC2)cc1. The fourth-order valence-corrected chi connectivity index (χ4v) is 3.41. The van der Waals surface area contributed by atoms with E-state index in [9.17, 15) is 9.59 Å². The van der Waals surface area contributed by atoms with Crippen LogP contribution >= 0.6 is 0 Å². The van der Waals surface area contributed by atoms with Crippen LogP contribution in [0.25, 0.3) is 0 Å². The van der Waals surface area contributed by atoms with Crippen molar-refractivity contribution in [2.24, 2.45) is 0 Å². The van der Waals surface area contributed by atoms with Crippen LogP contribution in [0.1, 0.15) is 54.9 Å². The minimum absolute atomic E-state index is 0.144. The van der Waals surface area contributed by atoms with Crippen LogP contribution in [0.5, 0.6) is 5.75 Å². The first-order chi connectivity index (χ1) is 13.5. The van der Waals surface area contributed by atoms with E-state index in [1.54, 1.807) is 31.2 Å². The van der Waals surface area contributed by atoms with Gasteiger partial charge in [0.15, 0.2) is 6.10 Å². The third-order valence-corrected chi connectivity index (χ3v) is 5.07. The van der Waals surface area contributed by atoms with Gasteiger partial charge in [0.1, 0.15) is 5.75 Å². The maximum atomic E-state index is 12.7. The number of aryl methyl sites for hydroxylation is 1. The molecule has 1 fully saturated rings. The number of nitrogens with one attached hydrogen (secondary N) is 2. The summed E-state index contributed by atoms with van der Waals surface area (Å²) in [7, 11) is 0. The lowest BCUT2D eigenvalue weighted by molar-refractivity contribution is -0.122. The second kappa shape index (κ2) is 9.40. The van der Waals surface area contributed by atoms with E-state index >= 15 is 0 Å². The summed E-state index contributed by atoms with van der Waals surface area (Å²) in [6, 6.07) is 14.8. The van der Waals surface area contributed by atoms with Gasteiger partial charge in [0.05, 0.1) is 11.3 Å². The number of hydrogen-bond donors (Lipinski definition) is 2. The molecule has 0 aromatic heterocycles. The third kappa shape index (κ3) is 5.35. The Morgan fingerprint density at radius 1 is 1.00 bits per heavy atom. The Morgan fingerprint density at radius 3 is 2.39 bits per heavy atom. The van der Waals surface area contributed by atoms with Crippen molar-refractivity contribution in [1.82, 2.24) is 5.32 Å². The summed E-state index contributed by atoms with van der Waals surface area (Å²) in [6.07, 6.45) is 4.88. The minimum atomic E-state index is -0.683. The predicted octanol–water partition coefficient (Wildman–Crippen LogP) is 4.46. The van der Waals surface area contributed by atoms with Crippen LogP contribution in [-0.4, -0.2) is 24.0 Å². The van der Waals surface area contributed by atoms with Crippen LogP contribution in [0, 0.1) is 6.92 Å². The highest BCUT2D eigenvalue weighted by atomic mass is 16.5. The Bertz CT molecular complexity index is 811. The summed E-state index contributed by atoms with van der Waals surface area (Å²) in [5.41, 5.74) is 2.10. The van der Waals surface area contributed by atoms with E-state index in [1.165, 1.54) is 6.42 Å². The van der Waals surface area contributed by atoms with Crippen LogP contribution < -0.4 is 15.4 Å². The zero-order valence-electron chi connectivity index (χ0n) is 16.5. The van der Waals surface area contributed by atoms with Gasteiger partial charge in [0, 0.05) is 6.04 Å². The zero-order valence-corrected chi connectivity index (χ0v) is 16.5. The Balaban J connectivity index is 1.63. The van der Waals surface area contributed by atoms with E-state index in [0.29, 0.717) is 17.0 Å². The molecule has 1 aliphatic carbocycles. The number of anilines is 1. The van der Waals surface area contributed by atoms with E-state index in [1.807, 2.05) is 31.2 Å². The number of hydrogen-bond acceptors (Lipinski definition) is 3. The summed E-state index contributed by atoms with van der Waals surface area (Å²) >= 11 is 0. The van der Waals surface area contributed by atoms with Crippen molar-refractivity contribution in [3.8, 4) is 5.75 Å². The summed E-state index contributed by atoms with van der Waals surface area (Å²) in [6.45, 7) is 3.69.